The van der Waals surface area contributed by atoms with Crippen LogP contribution in [0, 0.1) is 5.82 Å². The topological polar surface area (TPSA) is 38.9 Å². The van der Waals surface area contributed by atoms with Gasteiger partial charge in [-0.3, -0.25) is 0 Å². The number of hydrogen-bond acceptors (Lipinski definition) is 3. The summed E-state index contributed by atoms with van der Waals surface area (Å²) < 4.78 is 13.3. The van der Waals surface area contributed by atoms with Crippen LogP contribution >= 0.6 is 22.9 Å². The summed E-state index contributed by atoms with van der Waals surface area (Å²) in [5.74, 6) is -0.322. The van der Waals surface area contributed by atoms with Gasteiger partial charge in [0.15, 0.2) is 5.13 Å². The second-order valence-electron chi connectivity index (χ2n) is 5.53. The molecular formula is C14H16ClFN2S. The van der Waals surface area contributed by atoms with Crippen molar-refractivity contribution in [1.29, 1.82) is 0 Å². The maximum Gasteiger partial charge on any atom is 0.180 e. The van der Waals surface area contributed by atoms with Crippen LogP contribution in [0.15, 0.2) is 18.2 Å². The highest BCUT2D eigenvalue weighted by Crippen LogP contribution is 2.32. The minimum absolute atomic E-state index is 0.0828. The molecule has 0 unspecified atom stereocenters. The number of aromatic nitrogens is 1. The van der Waals surface area contributed by atoms with Gasteiger partial charge in [-0.1, -0.05) is 32.4 Å². The van der Waals surface area contributed by atoms with Gasteiger partial charge >= 0.3 is 0 Å². The first-order valence-corrected chi connectivity index (χ1v) is 7.16. The largest absolute Gasteiger partial charge is 0.375 e. The monoisotopic (exact) mass is 298 g/mol. The summed E-state index contributed by atoms with van der Waals surface area (Å²) in [5, 5.41) is 0.951. The Morgan fingerprint density at radius 2 is 2.00 bits per heavy atom. The molecule has 2 nitrogen and oxygen atoms in total. The highest BCUT2D eigenvalue weighted by Gasteiger charge is 2.22. The molecule has 0 aliphatic rings. The van der Waals surface area contributed by atoms with E-state index in [1.807, 2.05) is 0 Å². The highest BCUT2D eigenvalue weighted by molar-refractivity contribution is 7.15. The summed E-state index contributed by atoms with van der Waals surface area (Å²) in [6.45, 7) is 6.26. The smallest absolute Gasteiger partial charge is 0.180 e. The number of nitrogens with two attached hydrogens (primary N) is 1. The van der Waals surface area contributed by atoms with Gasteiger partial charge in [0.1, 0.15) is 5.82 Å². The summed E-state index contributed by atoms with van der Waals surface area (Å²) in [4.78, 5) is 5.45. The van der Waals surface area contributed by atoms with Crippen molar-refractivity contribution in [2.45, 2.75) is 32.6 Å². The average molecular weight is 299 g/mol. The summed E-state index contributed by atoms with van der Waals surface area (Å²) >= 11 is 7.32. The molecule has 2 aromatic rings. The van der Waals surface area contributed by atoms with Crippen LogP contribution in [-0.2, 0) is 11.8 Å². The lowest BCUT2D eigenvalue weighted by atomic mass is 9.90. The van der Waals surface area contributed by atoms with Gasteiger partial charge in [0.05, 0.1) is 5.69 Å². The number of hydrogen-bond donors (Lipinski definition) is 1. The lowest BCUT2D eigenvalue weighted by Gasteiger charge is -2.17. The van der Waals surface area contributed by atoms with Gasteiger partial charge in [0, 0.05) is 21.7 Å². The van der Waals surface area contributed by atoms with E-state index in [0.29, 0.717) is 16.6 Å². The number of thiazole rings is 1. The van der Waals surface area contributed by atoms with Crippen LogP contribution in [0.25, 0.3) is 0 Å². The zero-order valence-corrected chi connectivity index (χ0v) is 12.7. The Labute approximate surface area is 121 Å². The van der Waals surface area contributed by atoms with Crippen molar-refractivity contribution < 1.29 is 4.39 Å². The fourth-order valence-electron chi connectivity index (χ4n) is 1.97. The molecule has 0 atom stereocenters. The molecule has 0 saturated heterocycles. The zero-order valence-electron chi connectivity index (χ0n) is 11.1. The lowest BCUT2D eigenvalue weighted by Crippen LogP contribution is -2.14. The summed E-state index contributed by atoms with van der Waals surface area (Å²) in [6.07, 6.45) is 0.596. The third-order valence-electron chi connectivity index (χ3n) is 2.71. The Balaban J connectivity index is 2.38. The van der Waals surface area contributed by atoms with Gasteiger partial charge in [-0.2, -0.15) is 0 Å². The SMILES string of the molecule is CC(C)(C)c1nc(N)sc1Cc1cc(F)cc(Cl)c1. The Morgan fingerprint density at radius 1 is 1.32 bits per heavy atom. The highest BCUT2D eigenvalue weighted by atomic mass is 35.5. The van der Waals surface area contributed by atoms with Crippen molar-refractivity contribution in [3.05, 3.63) is 45.2 Å². The van der Waals surface area contributed by atoms with E-state index in [1.54, 1.807) is 6.07 Å². The fourth-order valence-corrected chi connectivity index (χ4v) is 3.30. The first-order valence-electron chi connectivity index (χ1n) is 5.96. The zero-order chi connectivity index (χ0) is 14.2. The van der Waals surface area contributed by atoms with E-state index in [9.17, 15) is 4.39 Å². The molecule has 0 bridgehead atoms. The van der Waals surface area contributed by atoms with E-state index < -0.39 is 0 Å². The predicted molar refractivity (Wildman–Crippen MR) is 79.4 cm³/mol. The van der Waals surface area contributed by atoms with Crippen molar-refractivity contribution in [1.82, 2.24) is 4.98 Å². The molecule has 0 radical (unpaired) electrons. The van der Waals surface area contributed by atoms with Gasteiger partial charge < -0.3 is 5.73 Å². The van der Waals surface area contributed by atoms with Crippen molar-refractivity contribution in [3.63, 3.8) is 0 Å². The molecule has 1 aromatic heterocycles. The van der Waals surface area contributed by atoms with E-state index in [1.165, 1.54) is 23.5 Å². The second-order valence-corrected chi connectivity index (χ2v) is 7.08. The van der Waals surface area contributed by atoms with Crippen LogP contribution in [0.2, 0.25) is 5.02 Å². The van der Waals surface area contributed by atoms with Crippen molar-refractivity contribution in [2.24, 2.45) is 0 Å². The molecule has 2 rings (SSSR count). The number of rotatable bonds is 2. The van der Waals surface area contributed by atoms with Crippen molar-refractivity contribution in [2.75, 3.05) is 5.73 Å². The van der Waals surface area contributed by atoms with Crippen LogP contribution < -0.4 is 5.73 Å². The molecule has 0 spiro atoms. The van der Waals surface area contributed by atoms with Crippen molar-refractivity contribution in [3.8, 4) is 0 Å². The Hall–Kier alpha value is -1.13. The molecule has 0 aliphatic carbocycles. The Morgan fingerprint density at radius 3 is 2.58 bits per heavy atom. The fraction of sp³-hybridized carbons (Fsp3) is 0.357. The summed E-state index contributed by atoms with van der Waals surface area (Å²) in [5.41, 5.74) is 7.51. The van der Waals surface area contributed by atoms with E-state index in [4.69, 9.17) is 17.3 Å². The molecular weight excluding hydrogens is 283 g/mol. The maximum atomic E-state index is 13.3. The minimum Gasteiger partial charge on any atom is -0.375 e. The number of anilines is 1. The third kappa shape index (κ3) is 3.45. The summed E-state index contributed by atoms with van der Waals surface area (Å²) in [7, 11) is 0. The number of nitrogens with zero attached hydrogens (tertiary/aromatic N) is 1. The van der Waals surface area contributed by atoms with E-state index >= 15 is 0 Å². The number of benzene rings is 1. The van der Waals surface area contributed by atoms with Gasteiger partial charge in [0.25, 0.3) is 0 Å². The third-order valence-corrected chi connectivity index (χ3v) is 3.81. The maximum absolute atomic E-state index is 13.3. The van der Waals surface area contributed by atoms with Gasteiger partial charge in [-0.15, -0.1) is 11.3 Å². The molecule has 19 heavy (non-hydrogen) atoms. The molecule has 0 amide bonds. The first kappa shape index (κ1) is 14.3. The number of nitrogen functional groups attached to an aromatic ring is 1. The normalized spacial score (nSPS) is 11.8. The predicted octanol–water partition coefficient (Wildman–Crippen LogP) is 4.41. The summed E-state index contributed by atoms with van der Waals surface area (Å²) in [6, 6.07) is 4.57. The molecule has 0 aliphatic heterocycles. The Bertz CT molecular complexity index is 582. The molecule has 0 saturated carbocycles. The van der Waals surface area contributed by atoms with Crippen LogP contribution in [0.4, 0.5) is 9.52 Å². The average Bonchev–Trinajstić information content (AvgIpc) is 2.57. The quantitative estimate of drug-likeness (QED) is 0.892. The van der Waals surface area contributed by atoms with Gasteiger partial charge in [-0.05, 0) is 23.8 Å². The molecule has 2 N–H and O–H groups in total. The standard InChI is InChI=1S/C14H16ClFN2S/c1-14(2,3)12-11(19-13(17)18-12)6-8-4-9(15)7-10(16)5-8/h4-5,7H,6H2,1-3H3,(H2,17,18). The molecule has 1 heterocycles. The minimum atomic E-state index is -0.322. The lowest BCUT2D eigenvalue weighted by molar-refractivity contribution is 0.568. The van der Waals surface area contributed by atoms with Crippen LogP contribution in [0.1, 0.15) is 36.9 Å². The van der Waals surface area contributed by atoms with E-state index in [-0.39, 0.29) is 11.2 Å². The molecule has 0 fully saturated rings. The van der Waals surface area contributed by atoms with Crippen LogP contribution in [0.5, 0.6) is 0 Å². The van der Waals surface area contributed by atoms with E-state index in [2.05, 4.69) is 25.8 Å². The molecule has 1 aromatic carbocycles. The van der Waals surface area contributed by atoms with Crippen LogP contribution in [0.3, 0.4) is 0 Å². The van der Waals surface area contributed by atoms with Crippen LogP contribution in [-0.4, -0.2) is 4.98 Å². The molecule has 5 heteroatoms. The van der Waals surface area contributed by atoms with Crippen molar-refractivity contribution >= 4 is 28.1 Å². The van der Waals surface area contributed by atoms with E-state index in [0.717, 1.165) is 16.1 Å². The first-order chi connectivity index (χ1) is 8.75. The number of halogens is 2. The molecule has 102 valence electrons. The van der Waals surface area contributed by atoms with Gasteiger partial charge in [-0.25, -0.2) is 9.37 Å². The second kappa shape index (κ2) is 5.10. The van der Waals surface area contributed by atoms with Gasteiger partial charge in [0.2, 0.25) is 0 Å². The Kier molecular flexibility index (Phi) is 3.83.